The second-order valence-corrected chi connectivity index (χ2v) is 18.5. The predicted octanol–water partition coefficient (Wildman–Crippen LogP) is 8.45. The number of aromatic nitrogens is 11. The van der Waals surface area contributed by atoms with Gasteiger partial charge in [0, 0.05) is 68.4 Å². The molecule has 11 heteroatoms. The average Bonchev–Trinajstić information content (AvgIpc) is 4.25. The fourth-order valence-corrected chi connectivity index (χ4v) is 10.4. The first-order valence-electron chi connectivity index (χ1n) is 23.5. The van der Waals surface area contributed by atoms with E-state index in [0.717, 1.165) is 25.1 Å². The lowest BCUT2D eigenvalue weighted by molar-refractivity contribution is -0.677. The normalized spacial score (nSPS) is 14.2. The second-order valence-electron chi connectivity index (χ2n) is 18.5. The van der Waals surface area contributed by atoms with Crippen molar-refractivity contribution in [1.29, 1.82) is 0 Å². The van der Waals surface area contributed by atoms with Crippen molar-refractivity contribution < 1.29 is 18.3 Å². The molecule has 1 atom stereocenters. The van der Waals surface area contributed by atoms with Gasteiger partial charge in [-0.15, -0.1) is 0 Å². The van der Waals surface area contributed by atoms with Gasteiger partial charge in [-0.25, -0.2) is 27.8 Å². The van der Waals surface area contributed by atoms with Crippen LogP contribution in [-0.4, -0.2) is 32.1 Å². The van der Waals surface area contributed by atoms with Crippen LogP contribution in [0, 0.1) is 27.7 Å². The Labute approximate surface area is 405 Å². The Kier molecular flexibility index (Phi) is 11.6. The Bertz CT molecular complexity index is 3660. The number of hydrogen-bond donors (Lipinski definition) is 0. The number of rotatable bonds is 0. The van der Waals surface area contributed by atoms with Crippen LogP contribution < -0.4 is 18.3 Å². The highest BCUT2D eigenvalue weighted by atomic mass is 15.2. The quantitative estimate of drug-likeness (QED) is 0.141. The van der Waals surface area contributed by atoms with E-state index in [4.69, 9.17) is 0 Å². The summed E-state index contributed by atoms with van der Waals surface area (Å²) in [5.41, 5.74) is 17.5. The van der Waals surface area contributed by atoms with Crippen molar-refractivity contribution in [2.75, 3.05) is 0 Å². The highest BCUT2D eigenvalue weighted by molar-refractivity contribution is 5.57. The number of fused-ring (bicyclic) bond motifs is 15. The molecule has 0 saturated heterocycles. The van der Waals surface area contributed by atoms with E-state index < -0.39 is 0 Å². The second kappa shape index (κ2) is 17.9. The van der Waals surface area contributed by atoms with Crippen LogP contribution in [0.1, 0.15) is 76.1 Å². The molecular formula is C58H63N11+4. The maximum absolute atomic E-state index is 4.30. The topological polar surface area (TPSA) is 57.0 Å². The third kappa shape index (κ3) is 7.77. The van der Waals surface area contributed by atoms with E-state index in [9.17, 15) is 0 Å². The smallest absolute Gasteiger partial charge is 0.272 e. The molecule has 0 bridgehead atoms. The van der Waals surface area contributed by atoms with Gasteiger partial charge in [-0.2, -0.15) is 13.5 Å². The molecule has 11 heterocycles. The summed E-state index contributed by atoms with van der Waals surface area (Å²) in [6.45, 7) is 8.48. The number of benzene rings is 3. The molecule has 0 spiro atoms. The summed E-state index contributed by atoms with van der Waals surface area (Å²) < 4.78 is 22.2. The standard InChI is InChI=1S/2C12H13N2.C11H12N3.C11H10N2.C11H11N2.CH4/c1-9-12-7-10-5-3-4-6-11(10)14(12)8-13(9)2;1-9-7-14-8-10-5-3-4-6-11(10)12(14)13(9)2;1-9-12(2)8-11-13-6-4-3-5-10(13)7-14(9)11;1-8-12-7-10-6-9-4-2-3-5-11(9)13(8)10;1-12-6-7-13-10-5-3-2-4-9(10)8-11(12)13;/h3-6,8H,7H2,1-2H3;3-8,11H,1-2H3;3-8H,1-2H3;2-5,7H,6H2,1H3;2-7H,8H2,1H3;1H4/q3*+1;;+1;. The Balaban J connectivity index is 0.0000000999. The van der Waals surface area contributed by atoms with Gasteiger partial charge < -0.3 is 4.57 Å². The van der Waals surface area contributed by atoms with E-state index in [0.29, 0.717) is 5.92 Å². The van der Waals surface area contributed by atoms with Crippen molar-refractivity contribution in [3.05, 3.63) is 233 Å². The van der Waals surface area contributed by atoms with Crippen molar-refractivity contribution in [3.63, 3.8) is 0 Å². The number of pyridine rings is 1. The van der Waals surface area contributed by atoms with Crippen LogP contribution in [-0.2, 0) is 47.5 Å². The summed E-state index contributed by atoms with van der Waals surface area (Å²) in [6.07, 6.45) is 31.0. The molecule has 0 radical (unpaired) electrons. The zero-order valence-electron chi connectivity index (χ0n) is 40.3. The summed E-state index contributed by atoms with van der Waals surface area (Å²) in [6, 6.07) is 31.9. The fraction of sp³-hybridized carbons (Fsp3) is 0.224. The maximum Gasteiger partial charge on any atom is 0.272 e. The van der Waals surface area contributed by atoms with Crippen LogP contribution in [0.4, 0.5) is 0 Å². The van der Waals surface area contributed by atoms with Gasteiger partial charge in [0.05, 0.1) is 45.8 Å². The summed E-state index contributed by atoms with van der Waals surface area (Å²) in [5.74, 6) is 5.50. The van der Waals surface area contributed by atoms with Crippen LogP contribution in [0.3, 0.4) is 0 Å². The number of allylic oxidation sites excluding steroid dienone is 5. The lowest BCUT2D eigenvalue weighted by Gasteiger charge is -2.06. The van der Waals surface area contributed by atoms with Crippen molar-refractivity contribution in [1.82, 2.24) is 32.1 Å². The van der Waals surface area contributed by atoms with E-state index in [2.05, 4.69) is 264 Å². The van der Waals surface area contributed by atoms with Crippen LogP contribution in [0.25, 0.3) is 34.4 Å². The molecule has 1 aliphatic carbocycles. The lowest BCUT2D eigenvalue weighted by Crippen LogP contribution is -2.30. The van der Waals surface area contributed by atoms with Gasteiger partial charge in [-0.05, 0) is 42.8 Å². The summed E-state index contributed by atoms with van der Waals surface area (Å²) >= 11 is 0. The summed E-state index contributed by atoms with van der Waals surface area (Å²) in [5, 5.41) is 0. The first kappa shape index (κ1) is 44.8. The molecule has 10 aromatic rings. The van der Waals surface area contributed by atoms with E-state index >= 15 is 0 Å². The van der Waals surface area contributed by atoms with Gasteiger partial charge >= 0.3 is 0 Å². The SMILES string of the molecule is C.C[n+]1ccn2c1Cc1ccccc1-2.Cc1c2[n+](cn1C)-c1ccccc1C2.Cc1c[n+]2c(n1C)C1C=CC=CC1=C2.Cc1n2cc3ccccn3c2c[n+]1C.Cc1ncc2n1-c1ccccc1C2. The van der Waals surface area contributed by atoms with E-state index in [1.807, 2.05) is 13.1 Å². The Morgan fingerprint density at radius 1 is 0.710 bits per heavy atom. The average molecular weight is 914 g/mol. The molecule has 346 valence electrons. The molecule has 15 rings (SSSR count). The van der Waals surface area contributed by atoms with Crippen molar-refractivity contribution >= 4 is 17.4 Å². The van der Waals surface area contributed by atoms with Crippen LogP contribution in [0.2, 0.25) is 0 Å². The molecular weight excluding hydrogens is 851 g/mol. The third-order valence-electron chi connectivity index (χ3n) is 14.4. The molecule has 0 amide bonds. The molecule has 1 unspecified atom stereocenters. The van der Waals surface area contributed by atoms with Crippen molar-refractivity contribution in [2.45, 2.75) is 60.3 Å². The Morgan fingerprint density at radius 3 is 2.25 bits per heavy atom. The largest absolute Gasteiger partial charge is 0.300 e. The number of para-hydroxylation sites is 3. The van der Waals surface area contributed by atoms with Crippen LogP contribution >= 0.6 is 0 Å². The Morgan fingerprint density at radius 2 is 1.43 bits per heavy atom. The van der Waals surface area contributed by atoms with Gasteiger partial charge in [0.15, 0.2) is 11.9 Å². The van der Waals surface area contributed by atoms with E-state index in [1.54, 1.807) is 0 Å². The molecule has 7 aromatic heterocycles. The first-order chi connectivity index (χ1) is 33.0. The minimum atomic E-state index is 0. The monoisotopic (exact) mass is 914 g/mol. The van der Waals surface area contributed by atoms with Crippen LogP contribution in [0.5, 0.6) is 0 Å². The van der Waals surface area contributed by atoms with E-state index in [-0.39, 0.29) is 7.43 Å². The molecule has 69 heavy (non-hydrogen) atoms. The van der Waals surface area contributed by atoms with Gasteiger partial charge in [0.1, 0.15) is 65.5 Å². The first-order valence-corrected chi connectivity index (χ1v) is 23.5. The Hall–Kier alpha value is -8.05. The molecule has 0 saturated carbocycles. The highest BCUT2D eigenvalue weighted by Gasteiger charge is 2.34. The van der Waals surface area contributed by atoms with E-state index in [1.165, 1.54) is 90.7 Å². The lowest BCUT2D eigenvalue weighted by atomic mass is 9.97. The molecule has 3 aromatic carbocycles. The van der Waals surface area contributed by atoms with Crippen molar-refractivity contribution in [3.8, 4) is 17.1 Å². The summed E-state index contributed by atoms with van der Waals surface area (Å²) in [7, 11) is 8.39. The molecule has 0 fully saturated rings. The minimum Gasteiger partial charge on any atom is -0.300 e. The zero-order valence-corrected chi connectivity index (χ0v) is 40.3. The van der Waals surface area contributed by atoms with Gasteiger partial charge in [-0.1, -0.05) is 92.4 Å². The molecule has 4 aliphatic heterocycles. The van der Waals surface area contributed by atoms with Crippen LogP contribution in [0.15, 0.2) is 171 Å². The minimum absolute atomic E-state index is 0. The zero-order chi connectivity index (χ0) is 46.8. The summed E-state index contributed by atoms with van der Waals surface area (Å²) in [4.78, 5) is 4.30. The number of aryl methyl sites for hydroxylation is 6. The molecule has 0 N–H and O–H groups in total. The number of nitrogens with zero attached hydrogens (tertiary/aromatic N) is 11. The highest BCUT2D eigenvalue weighted by Crippen LogP contribution is 2.32. The third-order valence-corrected chi connectivity index (χ3v) is 14.4. The molecule has 11 nitrogen and oxygen atoms in total. The number of imidazole rings is 6. The van der Waals surface area contributed by atoms with Crippen molar-refractivity contribution in [2.24, 2.45) is 28.2 Å². The number of hydrogen-bond acceptors (Lipinski definition) is 1. The van der Waals surface area contributed by atoms with Gasteiger partial charge in [0.25, 0.3) is 23.1 Å². The van der Waals surface area contributed by atoms with Gasteiger partial charge in [0.2, 0.25) is 6.33 Å². The molecule has 5 aliphatic rings. The predicted molar refractivity (Wildman–Crippen MR) is 272 cm³/mol. The van der Waals surface area contributed by atoms with Gasteiger partial charge in [-0.3, -0.25) is 4.40 Å². The fourth-order valence-electron chi connectivity index (χ4n) is 10.4. The maximum atomic E-state index is 4.30.